The Hall–Kier alpha value is -8.31. The summed E-state index contributed by atoms with van der Waals surface area (Å²) in [5.41, 5.74) is 13.4. The summed E-state index contributed by atoms with van der Waals surface area (Å²) in [6.07, 6.45) is 5.47. The molecule has 0 radical (unpaired) electrons. The first-order valence-electron chi connectivity index (χ1n) is 24.3. The average Bonchev–Trinajstić information content (AvgIpc) is 4.04. The quantitative estimate of drug-likeness (QED) is 0.0328. The number of primary amides is 1. The van der Waals surface area contributed by atoms with Crippen LogP contribution in [0.5, 0.6) is 0 Å². The molecule has 2 aromatic heterocycles. The Morgan fingerprint density at radius 2 is 1.55 bits per heavy atom. The van der Waals surface area contributed by atoms with Crippen molar-refractivity contribution >= 4 is 70.0 Å². The lowest BCUT2D eigenvalue weighted by atomic mass is 10.0. The predicted molar refractivity (Wildman–Crippen MR) is 268 cm³/mol. The molecule has 0 spiro atoms. The molecule has 1 aliphatic rings. The van der Waals surface area contributed by atoms with Crippen LogP contribution >= 0.6 is 0 Å². The first kappa shape index (κ1) is 55.6. The highest BCUT2D eigenvalue weighted by atomic mass is 16.2. The number of H-pyrrole nitrogens is 2. The minimum Gasteiger partial charge on any atom is -0.370 e. The number of nitrogens with two attached hydrogens (primary N) is 2. The molecule has 24 nitrogen and oxygen atoms in total. The van der Waals surface area contributed by atoms with Crippen LogP contribution < -0.4 is 59.3 Å². The van der Waals surface area contributed by atoms with Gasteiger partial charge in [0.2, 0.25) is 53.2 Å². The molecule has 0 bridgehead atoms. The zero-order valence-electron chi connectivity index (χ0n) is 40.9. The molecule has 4 aromatic rings. The molecule has 73 heavy (non-hydrogen) atoms. The monoisotopic (exact) mass is 1010 g/mol. The highest BCUT2D eigenvalue weighted by molar-refractivity contribution is 5.98. The number of carbonyl (C=O) groups is 9. The number of hydrogen-bond acceptors (Lipinski definition) is 11. The van der Waals surface area contributed by atoms with Crippen LogP contribution in [0.25, 0.3) is 10.9 Å². The smallest absolute Gasteiger partial charge is 0.247 e. The van der Waals surface area contributed by atoms with Crippen molar-refractivity contribution in [3.05, 3.63) is 90.1 Å². The molecule has 7 atom stereocenters. The van der Waals surface area contributed by atoms with E-state index in [1.54, 1.807) is 36.5 Å². The largest absolute Gasteiger partial charge is 0.370 e. The van der Waals surface area contributed by atoms with Gasteiger partial charge in [-0.15, -0.1) is 0 Å². The van der Waals surface area contributed by atoms with E-state index in [9.17, 15) is 43.2 Å². The normalized spacial score (nSPS) is 20.4. The minimum absolute atomic E-state index is 0.00486. The minimum atomic E-state index is -1.49. The van der Waals surface area contributed by atoms with Gasteiger partial charge in [0.05, 0.1) is 12.0 Å². The Labute approximate surface area is 421 Å². The molecule has 1 unspecified atom stereocenters. The standard InChI is InChI=1S/C49H67N15O9/c1-3-4-15-34(58-28(2)65)43(68)60-37-19-20-40(66)54-21-10-17-35(45(70)62-38(42(50)67)23-30-25-56-33-16-9-8-14-32(30)33)59-44(69)36(18-11-22-55-49(51)52)61-48(73)41(29-12-6-5-7-13-29)64-47(72)39(63-46(37)71)24-31-26-53-27-57-31/h5-9,12-14,16,25-27,34-39,41,56H,3-4,10-11,15,17-24H2,1-2H3,(H2,50,67)(H,53,57)(H,54,66)(H,58,65)(H,59,69)(H,60,68)(H,61,73)(H,62,70)(H,63,71)(H,64,72)(H4,51,52,55)/t34-,35-,36-,37-,38-,39-,41?/m0/s1. The van der Waals surface area contributed by atoms with E-state index in [-0.39, 0.29) is 82.4 Å². The zero-order valence-corrected chi connectivity index (χ0v) is 40.9. The Bertz CT molecular complexity index is 2550. The van der Waals surface area contributed by atoms with Crippen molar-refractivity contribution in [1.82, 2.24) is 62.8 Å². The van der Waals surface area contributed by atoms with Gasteiger partial charge in [0.25, 0.3) is 0 Å². The third kappa shape index (κ3) is 17.5. The van der Waals surface area contributed by atoms with Crippen LogP contribution in [-0.4, -0.2) is 123 Å². The zero-order chi connectivity index (χ0) is 52.9. The third-order valence-corrected chi connectivity index (χ3v) is 12.1. The van der Waals surface area contributed by atoms with Gasteiger partial charge in [-0.25, -0.2) is 4.98 Å². The second-order valence-corrected chi connectivity index (χ2v) is 17.8. The van der Waals surface area contributed by atoms with E-state index >= 15 is 0 Å². The first-order valence-corrected chi connectivity index (χ1v) is 24.3. The molecule has 1 aliphatic heterocycles. The number of guanidine groups is 1. The van der Waals surface area contributed by atoms with Gasteiger partial charge in [-0.3, -0.25) is 48.6 Å². The number of aromatic nitrogens is 3. The topological polar surface area (TPSA) is 382 Å². The van der Waals surface area contributed by atoms with Crippen molar-refractivity contribution in [1.29, 1.82) is 5.41 Å². The molecular formula is C49H67N15O9. The number of amides is 9. The number of carbonyl (C=O) groups excluding carboxylic acids is 9. The SMILES string of the molecule is CCCC[C@H](NC(C)=O)C(=O)N[C@H]1CCC(=O)NCCC[C@@H](C(=O)N[C@@H](Cc2c[nH]c3ccccc23)C(N)=O)NC(=O)[C@H](CCCNC(=N)N)NC(=O)C(c2ccccc2)NC(=O)[C@H](Cc2c[nH]cn2)NC1=O. The summed E-state index contributed by atoms with van der Waals surface area (Å²) in [7, 11) is 0. The number of aromatic amines is 2. The lowest BCUT2D eigenvalue weighted by Gasteiger charge is -2.28. The summed E-state index contributed by atoms with van der Waals surface area (Å²) in [5.74, 6) is -7.05. The highest BCUT2D eigenvalue weighted by Gasteiger charge is 2.35. The van der Waals surface area contributed by atoms with Crippen LogP contribution in [0, 0.1) is 5.41 Å². The van der Waals surface area contributed by atoms with Gasteiger partial charge < -0.3 is 69.3 Å². The van der Waals surface area contributed by atoms with Gasteiger partial charge in [0, 0.05) is 62.6 Å². The Morgan fingerprint density at radius 3 is 2.25 bits per heavy atom. The molecule has 1 saturated heterocycles. The Balaban J connectivity index is 1.50. The number of nitrogens with zero attached hydrogens (tertiary/aromatic N) is 1. The summed E-state index contributed by atoms with van der Waals surface area (Å²) < 4.78 is 0. The lowest BCUT2D eigenvalue weighted by Crippen LogP contribution is -2.59. The molecule has 5 rings (SSSR count). The number of fused-ring (bicyclic) bond motifs is 1. The van der Waals surface area contributed by atoms with Crippen molar-refractivity contribution in [2.45, 2.75) is 127 Å². The molecule has 0 saturated carbocycles. The van der Waals surface area contributed by atoms with Gasteiger partial charge in [-0.05, 0) is 55.7 Å². The maximum Gasteiger partial charge on any atom is 0.247 e. The number of nitrogens with one attached hydrogen (secondary N) is 12. The summed E-state index contributed by atoms with van der Waals surface area (Å²) in [5, 5.41) is 32.6. The number of unbranched alkanes of at least 4 members (excludes halogenated alkanes) is 1. The number of para-hydroxylation sites is 1. The van der Waals surface area contributed by atoms with Gasteiger partial charge in [-0.2, -0.15) is 0 Å². The third-order valence-electron chi connectivity index (χ3n) is 12.1. The number of benzene rings is 2. The Morgan fingerprint density at radius 1 is 0.822 bits per heavy atom. The maximum atomic E-state index is 14.6. The molecule has 9 amide bonds. The van der Waals surface area contributed by atoms with Crippen molar-refractivity contribution in [2.24, 2.45) is 11.5 Å². The maximum absolute atomic E-state index is 14.6. The van der Waals surface area contributed by atoms with E-state index in [1.807, 2.05) is 31.2 Å². The summed E-state index contributed by atoms with van der Waals surface area (Å²) in [4.78, 5) is 134. The van der Waals surface area contributed by atoms with Crippen LogP contribution in [0.2, 0.25) is 0 Å². The van der Waals surface area contributed by atoms with Crippen molar-refractivity contribution in [2.75, 3.05) is 13.1 Å². The molecule has 16 N–H and O–H groups in total. The summed E-state index contributed by atoms with van der Waals surface area (Å²) >= 11 is 0. The van der Waals surface area contributed by atoms with Crippen molar-refractivity contribution in [3.63, 3.8) is 0 Å². The van der Waals surface area contributed by atoms with Crippen LogP contribution in [0.15, 0.2) is 73.3 Å². The first-order chi connectivity index (χ1) is 35.0. The Kier molecular flexibility index (Phi) is 21.3. The van der Waals surface area contributed by atoms with Gasteiger partial charge in [-0.1, -0.05) is 68.3 Å². The van der Waals surface area contributed by atoms with Gasteiger partial charge >= 0.3 is 0 Å². The van der Waals surface area contributed by atoms with Crippen molar-refractivity contribution < 1.29 is 43.2 Å². The van der Waals surface area contributed by atoms with E-state index in [0.717, 1.165) is 10.9 Å². The fourth-order valence-electron chi connectivity index (χ4n) is 8.25. The average molecular weight is 1010 g/mol. The van der Waals surface area contributed by atoms with Crippen LogP contribution in [0.3, 0.4) is 0 Å². The van der Waals surface area contributed by atoms with E-state index in [0.29, 0.717) is 24.1 Å². The number of hydrogen-bond donors (Lipinski definition) is 14. The van der Waals surface area contributed by atoms with E-state index in [1.165, 1.54) is 19.4 Å². The van der Waals surface area contributed by atoms with Crippen LogP contribution in [0.1, 0.15) is 94.5 Å². The van der Waals surface area contributed by atoms with Crippen molar-refractivity contribution in [3.8, 4) is 0 Å². The fourth-order valence-corrected chi connectivity index (χ4v) is 8.25. The fraction of sp³-hybridized carbons (Fsp3) is 0.449. The van der Waals surface area contributed by atoms with Crippen LogP contribution in [0.4, 0.5) is 0 Å². The van der Waals surface area contributed by atoms with Gasteiger partial charge in [0.15, 0.2) is 5.96 Å². The second kappa shape index (κ2) is 27.9. The predicted octanol–water partition coefficient (Wildman–Crippen LogP) is -0.909. The van der Waals surface area contributed by atoms with E-state index in [4.69, 9.17) is 16.9 Å². The molecule has 3 heterocycles. The summed E-state index contributed by atoms with van der Waals surface area (Å²) in [6, 6.07) is 6.17. The number of rotatable bonds is 18. The molecule has 0 aliphatic carbocycles. The van der Waals surface area contributed by atoms with E-state index < -0.39 is 95.5 Å². The molecule has 1 fully saturated rings. The highest BCUT2D eigenvalue weighted by Crippen LogP contribution is 2.20. The van der Waals surface area contributed by atoms with Gasteiger partial charge in [0.1, 0.15) is 42.3 Å². The molecule has 24 heteroatoms. The lowest BCUT2D eigenvalue weighted by molar-refractivity contribution is -0.136. The molecule has 2 aromatic carbocycles. The summed E-state index contributed by atoms with van der Waals surface area (Å²) in [6.45, 7) is 3.26. The molecular weight excluding hydrogens is 943 g/mol. The molecule has 392 valence electrons. The second-order valence-electron chi connectivity index (χ2n) is 17.8. The van der Waals surface area contributed by atoms with E-state index in [2.05, 4.69) is 62.8 Å². The number of imidazole rings is 1. The van der Waals surface area contributed by atoms with Crippen LogP contribution in [-0.2, 0) is 56.0 Å².